The van der Waals surface area contributed by atoms with Gasteiger partial charge in [-0.3, -0.25) is 0 Å². The van der Waals surface area contributed by atoms with Gasteiger partial charge in [0.25, 0.3) is 0 Å². The topological polar surface area (TPSA) is 29.5 Å². The Morgan fingerprint density at radius 3 is 2.89 bits per heavy atom. The Bertz CT molecular complexity index is 83.0. The highest BCUT2D eigenvalue weighted by Gasteiger charge is 2.21. The van der Waals surface area contributed by atoms with Crippen LogP contribution in [0.1, 0.15) is 19.8 Å². The first kappa shape index (κ1) is 7.03. The minimum atomic E-state index is -0.108. The second-order valence-electron chi connectivity index (χ2n) is 2.60. The van der Waals surface area contributed by atoms with Gasteiger partial charge in [0.1, 0.15) is 0 Å². The predicted octanol–water partition coefficient (Wildman–Crippen LogP) is 0.794. The molecular weight excluding hydrogens is 116 g/mol. The third kappa shape index (κ3) is 1.66. The van der Waals surface area contributed by atoms with Crippen LogP contribution in [0.5, 0.6) is 0 Å². The summed E-state index contributed by atoms with van der Waals surface area (Å²) in [6.07, 6.45) is 1.74. The Labute approximate surface area is 55.8 Å². The molecule has 0 spiro atoms. The van der Waals surface area contributed by atoms with E-state index in [1.54, 1.807) is 0 Å². The lowest BCUT2D eigenvalue weighted by molar-refractivity contribution is -0.0364. The lowest BCUT2D eigenvalue weighted by Crippen LogP contribution is -2.31. The van der Waals surface area contributed by atoms with Crippen molar-refractivity contribution in [2.45, 2.75) is 25.9 Å². The van der Waals surface area contributed by atoms with Crippen LogP contribution in [-0.2, 0) is 4.74 Å². The summed E-state index contributed by atoms with van der Waals surface area (Å²) in [6, 6.07) is 0. The van der Waals surface area contributed by atoms with E-state index < -0.39 is 0 Å². The third-order valence-electron chi connectivity index (χ3n) is 1.96. The van der Waals surface area contributed by atoms with Crippen LogP contribution in [0.4, 0.5) is 0 Å². The molecule has 2 heteroatoms. The summed E-state index contributed by atoms with van der Waals surface area (Å²) in [5.41, 5.74) is 0. The Hall–Kier alpha value is -0.0800. The molecule has 1 rings (SSSR count). The van der Waals surface area contributed by atoms with Crippen molar-refractivity contribution in [2.75, 3.05) is 13.2 Å². The monoisotopic (exact) mass is 130 g/mol. The molecule has 0 bridgehead atoms. The van der Waals surface area contributed by atoms with Gasteiger partial charge in [0.05, 0.1) is 12.7 Å². The minimum Gasteiger partial charge on any atom is -0.393 e. The zero-order valence-corrected chi connectivity index (χ0v) is 5.84. The molecule has 0 saturated carbocycles. The van der Waals surface area contributed by atoms with Crippen molar-refractivity contribution >= 4 is 0 Å². The zero-order chi connectivity index (χ0) is 6.69. The van der Waals surface area contributed by atoms with Crippen LogP contribution in [0.25, 0.3) is 0 Å². The van der Waals surface area contributed by atoms with Crippen molar-refractivity contribution < 1.29 is 9.84 Å². The van der Waals surface area contributed by atoms with Gasteiger partial charge in [0, 0.05) is 12.5 Å². The van der Waals surface area contributed by atoms with E-state index in [1.807, 2.05) is 0 Å². The fourth-order valence-electron chi connectivity index (χ4n) is 1.18. The second kappa shape index (κ2) is 3.18. The molecule has 9 heavy (non-hydrogen) atoms. The molecule has 1 N–H and O–H groups in total. The highest BCUT2D eigenvalue weighted by atomic mass is 16.5. The van der Waals surface area contributed by atoms with Crippen LogP contribution in [-0.4, -0.2) is 24.4 Å². The summed E-state index contributed by atoms with van der Waals surface area (Å²) in [5, 5.41) is 9.29. The van der Waals surface area contributed by atoms with Gasteiger partial charge in [-0.25, -0.2) is 0 Å². The lowest BCUT2D eigenvalue weighted by Gasteiger charge is -2.26. The summed E-state index contributed by atoms with van der Waals surface area (Å²) < 4.78 is 5.18. The molecule has 0 aromatic rings. The molecule has 0 unspecified atom stereocenters. The molecule has 54 valence electrons. The maximum Gasteiger partial charge on any atom is 0.0612 e. The molecule has 1 saturated heterocycles. The number of hydrogen-bond donors (Lipinski definition) is 1. The molecule has 1 heterocycles. The van der Waals surface area contributed by atoms with E-state index in [-0.39, 0.29) is 6.10 Å². The lowest BCUT2D eigenvalue weighted by atomic mass is 9.96. The largest absolute Gasteiger partial charge is 0.393 e. The number of aliphatic hydroxyl groups is 1. The van der Waals surface area contributed by atoms with Crippen molar-refractivity contribution in [1.29, 1.82) is 0 Å². The van der Waals surface area contributed by atoms with Crippen LogP contribution in [0.2, 0.25) is 0 Å². The summed E-state index contributed by atoms with van der Waals surface area (Å²) >= 11 is 0. The van der Waals surface area contributed by atoms with Gasteiger partial charge in [-0.05, 0) is 12.8 Å². The summed E-state index contributed by atoms with van der Waals surface area (Å²) in [7, 11) is 0. The minimum absolute atomic E-state index is 0.108. The molecule has 0 aromatic carbocycles. The molecule has 1 fully saturated rings. The van der Waals surface area contributed by atoms with Crippen LogP contribution in [0.3, 0.4) is 0 Å². The van der Waals surface area contributed by atoms with Gasteiger partial charge in [-0.1, -0.05) is 6.92 Å². The predicted molar refractivity (Wildman–Crippen MR) is 35.2 cm³/mol. The van der Waals surface area contributed by atoms with E-state index in [2.05, 4.69) is 6.92 Å². The Kier molecular flexibility index (Phi) is 2.49. The molecule has 0 amide bonds. The number of ether oxygens (including phenoxy) is 1. The fraction of sp³-hybridized carbons (Fsp3) is 1.00. The van der Waals surface area contributed by atoms with Gasteiger partial charge in [-0.2, -0.15) is 0 Å². The zero-order valence-electron chi connectivity index (χ0n) is 5.84. The highest BCUT2D eigenvalue weighted by molar-refractivity contribution is 4.70. The van der Waals surface area contributed by atoms with Gasteiger partial charge < -0.3 is 9.84 Å². The molecular formula is C7H14O2. The normalized spacial score (nSPS) is 36.7. The molecule has 0 aromatic heterocycles. The first-order valence-corrected chi connectivity index (χ1v) is 3.60. The van der Waals surface area contributed by atoms with Crippen molar-refractivity contribution in [1.82, 2.24) is 0 Å². The second-order valence-corrected chi connectivity index (χ2v) is 2.60. The summed E-state index contributed by atoms with van der Waals surface area (Å²) in [6.45, 7) is 3.57. The Morgan fingerprint density at radius 2 is 2.44 bits per heavy atom. The first-order chi connectivity index (χ1) is 4.34. The molecule has 1 aliphatic rings. The van der Waals surface area contributed by atoms with Crippen LogP contribution < -0.4 is 0 Å². The number of hydrogen-bond acceptors (Lipinski definition) is 2. The molecule has 1 aliphatic heterocycles. The first-order valence-electron chi connectivity index (χ1n) is 3.60. The van der Waals surface area contributed by atoms with Gasteiger partial charge in [-0.15, -0.1) is 0 Å². The van der Waals surface area contributed by atoms with Crippen molar-refractivity contribution in [2.24, 2.45) is 5.92 Å². The highest BCUT2D eigenvalue weighted by Crippen LogP contribution is 2.16. The van der Waals surface area contributed by atoms with Crippen LogP contribution in [0.15, 0.2) is 0 Å². The molecule has 2 nitrogen and oxygen atoms in total. The third-order valence-corrected chi connectivity index (χ3v) is 1.96. The Balaban J connectivity index is 2.30. The molecule has 0 radical (unpaired) electrons. The van der Waals surface area contributed by atoms with E-state index >= 15 is 0 Å². The Morgan fingerprint density at radius 1 is 1.67 bits per heavy atom. The van der Waals surface area contributed by atoms with Gasteiger partial charge >= 0.3 is 0 Å². The molecule has 0 aliphatic carbocycles. The average Bonchev–Trinajstić information content (AvgIpc) is 1.89. The van der Waals surface area contributed by atoms with E-state index in [0.29, 0.717) is 5.92 Å². The summed E-state index contributed by atoms with van der Waals surface area (Å²) in [5.74, 6) is 0.388. The molecule has 2 atom stereocenters. The van der Waals surface area contributed by atoms with Crippen molar-refractivity contribution in [3.63, 3.8) is 0 Å². The van der Waals surface area contributed by atoms with Gasteiger partial charge in [0.2, 0.25) is 0 Å². The van der Waals surface area contributed by atoms with Gasteiger partial charge in [0.15, 0.2) is 0 Å². The number of rotatable bonds is 1. The SMILES string of the molecule is CC[C@@H]1COCC[C@H]1O. The summed E-state index contributed by atoms with van der Waals surface area (Å²) in [4.78, 5) is 0. The van der Waals surface area contributed by atoms with Crippen LogP contribution >= 0.6 is 0 Å². The maximum atomic E-state index is 9.29. The van der Waals surface area contributed by atoms with E-state index in [4.69, 9.17) is 4.74 Å². The van der Waals surface area contributed by atoms with Crippen LogP contribution in [0, 0.1) is 5.92 Å². The maximum absolute atomic E-state index is 9.29. The number of aliphatic hydroxyl groups excluding tert-OH is 1. The fourth-order valence-corrected chi connectivity index (χ4v) is 1.18. The van der Waals surface area contributed by atoms with Crippen molar-refractivity contribution in [3.8, 4) is 0 Å². The smallest absolute Gasteiger partial charge is 0.0612 e. The standard InChI is InChI=1S/C7H14O2/c1-2-6-5-9-4-3-7(6)8/h6-8H,2-5H2,1H3/t6-,7-/m1/s1. The van der Waals surface area contributed by atoms with Crippen molar-refractivity contribution in [3.05, 3.63) is 0 Å². The quantitative estimate of drug-likeness (QED) is 0.568. The van der Waals surface area contributed by atoms with E-state index in [0.717, 1.165) is 26.1 Å². The van der Waals surface area contributed by atoms with E-state index in [1.165, 1.54) is 0 Å². The van der Waals surface area contributed by atoms with E-state index in [9.17, 15) is 5.11 Å². The average molecular weight is 130 g/mol.